The molecule has 1 fully saturated rings. The first-order chi connectivity index (χ1) is 15.8. The van der Waals surface area contributed by atoms with E-state index in [1.165, 1.54) is 0 Å². The minimum atomic E-state index is -0.872. The minimum Gasteiger partial charge on any atom is -0.468 e. The molecule has 7 heteroatoms. The summed E-state index contributed by atoms with van der Waals surface area (Å²) in [6.07, 6.45) is 1.97. The van der Waals surface area contributed by atoms with Crippen LogP contribution in [0.2, 0.25) is 0 Å². The van der Waals surface area contributed by atoms with Gasteiger partial charge in [0.15, 0.2) is 5.72 Å². The van der Waals surface area contributed by atoms with Crippen LogP contribution in [0.3, 0.4) is 0 Å². The molecule has 3 aromatic rings. The van der Waals surface area contributed by atoms with E-state index in [1.54, 1.807) is 4.90 Å². The number of ether oxygens (including phenoxy) is 1. The first kappa shape index (κ1) is 21.5. The van der Waals surface area contributed by atoms with Crippen LogP contribution in [0, 0.1) is 5.92 Å². The van der Waals surface area contributed by atoms with Gasteiger partial charge in [-0.05, 0) is 51.0 Å². The Bertz CT molecular complexity index is 1230. The molecule has 3 heterocycles. The standard InChI is InChI=1S/C26H30N4O3/c1-16(2)30-20-11-6-5-10-19(20)28-22(30)13-8-14-29-25(32)23(24(27)31)18-15-26(29,3)33-21-12-7-4-9-17(18)21/h4-7,9-12,16,18,23H,8,13-15H2,1-3H3,(H2,27,31)/t18-,23+,26+/m0/s1. The molecule has 2 aliphatic heterocycles. The molecule has 2 bridgehead atoms. The van der Waals surface area contributed by atoms with Crippen LogP contribution in [0.4, 0.5) is 0 Å². The first-order valence-electron chi connectivity index (χ1n) is 11.6. The Hall–Kier alpha value is -3.35. The van der Waals surface area contributed by atoms with Gasteiger partial charge >= 0.3 is 0 Å². The van der Waals surface area contributed by atoms with Crippen molar-refractivity contribution in [1.29, 1.82) is 0 Å². The first-order valence-corrected chi connectivity index (χ1v) is 11.6. The Kier molecular flexibility index (Phi) is 5.15. The number of primary amides is 1. The fraction of sp³-hybridized carbons (Fsp3) is 0.423. The molecule has 1 aromatic heterocycles. The van der Waals surface area contributed by atoms with Crippen LogP contribution in [0.25, 0.3) is 11.0 Å². The van der Waals surface area contributed by atoms with Crippen molar-refractivity contribution in [2.45, 2.75) is 57.7 Å². The maximum absolute atomic E-state index is 13.5. The van der Waals surface area contributed by atoms with Crippen molar-refractivity contribution >= 4 is 22.8 Å². The summed E-state index contributed by atoms with van der Waals surface area (Å²) in [6, 6.07) is 16.1. The largest absolute Gasteiger partial charge is 0.468 e. The number of piperidine rings is 1. The van der Waals surface area contributed by atoms with Gasteiger partial charge in [0.2, 0.25) is 11.8 Å². The van der Waals surface area contributed by atoms with Gasteiger partial charge in [-0.15, -0.1) is 0 Å². The van der Waals surface area contributed by atoms with Crippen LogP contribution in [0.15, 0.2) is 48.5 Å². The van der Waals surface area contributed by atoms with Crippen LogP contribution in [0.1, 0.15) is 57.0 Å². The van der Waals surface area contributed by atoms with Crippen molar-refractivity contribution in [3.8, 4) is 5.75 Å². The van der Waals surface area contributed by atoms with Crippen LogP contribution >= 0.6 is 0 Å². The van der Waals surface area contributed by atoms with E-state index < -0.39 is 17.6 Å². The predicted molar refractivity (Wildman–Crippen MR) is 126 cm³/mol. The Morgan fingerprint density at radius 1 is 1.21 bits per heavy atom. The average molecular weight is 447 g/mol. The van der Waals surface area contributed by atoms with Crippen molar-refractivity contribution < 1.29 is 14.3 Å². The maximum atomic E-state index is 13.5. The number of nitrogens with two attached hydrogens (primary N) is 1. The number of likely N-dealkylation sites (tertiary alicyclic amines) is 1. The van der Waals surface area contributed by atoms with Crippen molar-refractivity contribution in [2.75, 3.05) is 6.54 Å². The van der Waals surface area contributed by atoms with Gasteiger partial charge in [-0.3, -0.25) is 9.59 Å². The van der Waals surface area contributed by atoms with Crippen LogP contribution in [-0.2, 0) is 16.0 Å². The molecule has 7 nitrogen and oxygen atoms in total. The summed E-state index contributed by atoms with van der Waals surface area (Å²) in [6.45, 7) is 6.71. The Morgan fingerprint density at radius 2 is 1.94 bits per heavy atom. The predicted octanol–water partition coefficient (Wildman–Crippen LogP) is 3.78. The van der Waals surface area contributed by atoms with E-state index >= 15 is 0 Å². The van der Waals surface area contributed by atoms with Gasteiger partial charge in [-0.25, -0.2) is 4.98 Å². The van der Waals surface area contributed by atoms with Gasteiger partial charge in [0.05, 0.1) is 11.0 Å². The van der Waals surface area contributed by atoms with E-state index in [0.29, 0.717) is 25.8 Å². The number of rotatable bonds is 6. The summed E-state index contributed by atoms with van der Waals surface area (Å²) in [5.74, 6) is -0.222. The van der Waals surface area contributed by atoms with E-state index in [-0.39, 0.29) is 17.9 Å². The molecule has 0 unspecified atom stereocenters. The van der Waals surface area contributed by atoms with Crippen molar-refractivity contribution in [3.05, 3.63) is 59.9 Å². The van der Waals surface area contributed by atoms with E-state index in [1.807, 2.05) is 49.4 Å². The van der Waals surface area contributed by atoms with Gasteiger partial charge in [0, 0.05) is 31.3 Å². The number of aromatic nitrogens is 2. The number of benzene rings is 2. The molecule has 5 rings (SSSR count). The topological polar surface area (TPSA) is 90.5 Å². The fourth-order valence-corrected chi connectivity index (χ4v) is 5.62. The summed E-state index contributed by atoms with van der Waals surface area (Å²) in [4.78, 5) is 32.4. The third-order valence-corrected chi connectivity index (χ3v) is 7.03. The third-order valence-electron chi connectivity index (χ3n) is 7.03. The number of hydrogen-bond acceptors (Lipinski definition) is 4. The molecule has 2 aromatic carbocycles. The molecule has 3 atom stereocenters. The summed E-state index contributed by atoms with van der Waals surface area (Å²) in [5.41, 5.74) is 7.91. The average Bonchev–Trinajstić information content (AvgIpc) is 3.14. The van der Waals surface area contributed by atoms with Crippen LogP contribution in [-0.4, -0.2) is 38.5 Å². The summed E-state index contributed by atoms with van der Waals surface area (Å²) in [7, 11) is 0. The number of nitrogens with zero attached hydrogens (tertiary/aromatic N) is 3. The van der Waals surface area contributed by atoms with Crippen LogP contribution in [0.5, 0.6) is 5.75 Å². The quantitative estimate of drug-likeness (QED) is 0.584. The second kappa shape index (κ2) is 7.90. The third kappa shape index (κ3) is 3.46. The highest BCUT2D eigenvalue weighted by Crippen LogP contribution is 2.50. The highest BCUT2D eigenvalue weighted by Gasteiger charge is 2.55. The highest BCUT2D eigenvalue weighted by molar-refractivity contribution is 6.01. The second-order valence-electron chi connectivity index (χ2n) is 9.58. The number of fused-ring (bicyclic) bond motifs is 5. The number of amides is 2. The molecular weight excluding hydrogens is 416 g/mol. The smallest absolute Gasteiger partial charge is 0.238 e. The van der Waals surface area contributed by atoms with Crippen LogP contribution < -0.4 is 10.5 Å². The lowest BCUT2D eigenvalue weighted by Gasteiger charge is -2.52. The van der Waals surface area contributed by atoms with Gasteiger partial charge in [0.25, 0.3) is 0 Å². The number of carbonyl (C=O) groups is 2. The van der Waals surface area contributed by atoms with E-state index in [2.05, 4.69) is 24.5 Å². The number of hydrogen-bond donors (Lipinski definition) is 1. The zero-order chi connectivity index (χ0) is 23.3. The van der Waals surface area contributed by atoms with E-state index in [4.69, 9.17) is 15.5 Å². The summed E-state index contributed by atoms with van der Waals surface area (Å²) >= 11 is 0. The molecule has 0 aliphatic carbocycles. The Labute approximate surface area is 193 Å². The molecule has 172 valence electrons. The van der Waals surface area contributed by atoms with E-state index in [9.17, 15) is 9.59 Å². The lowest BCUT2D eigenvalue weighted by Crippen LogP contribution is -2.64. The molecule has 1 saturated heterocycles. The molecule has 33 heavy (non-hydrogen) atoms. The van der Waals surface area contributed by atoms with Gasteiger partial charge < -0.3 is 19.9 Å². The zero-order valence-electron chi connectivity index (χ0n) is 19.3. The monoisotopic (exact) mass is 446 g/mol. The number of aryl methyl sites for hydroxylation is 1. The van der Waals surface area contributed by atoms with Gasteiger partial charge in [-0.1, -0.05) is 30.3 Å². The Morgan fingerprint density at radius 3 is 2.70 bits per heavy atom. The highest BCUT2D eigenvalue weighted by atomic mass is 16.5. The van der Waals surface area contributed by atoms with Gasteiger partial charge in [0.1, 0.15) is 17.5 Å². The number of para-hydroxylation sites is 3. The molecule has 2 aliphatic rings. The summed E-state index contributed by atoms with van der Waals surface area (Å²) in [5, 5.41) is 0. The van der Waals surface area contributed by atoms with Crippen molar-refractivity contribution in [1.82, 2.24) is 14.5 Å². The van der Waals surface area contributed by atoms with Gasteiger partial charge in [-0.2, -0.15) is 0 Å². The molecule has 2 N–H and O–H groups in total. The Balaban J connectivity index is 1.41. The molecule has 0 saturated carbocycles. The second-order valence-corrected chi connectivity index (χ2v) is 9.58. The lowest BCUT2D eigenvalue weighted by atomic mass is 9.73. The molecule has 0 spiro atoms. The van der Waals surface area contributed by atoms with E-state index in [0.717, 1.165) is 28.2 Å². The fourth-order valence-electron chi connectivity index (χ4n) is 5.62. The molecule has 2 amide bonds. The normalized spacial score (nSPS) is 24.1. The molecular formula is C26H30N4O3. The van der Waals surface area contributed by atoms with Crippen molar-refractivity contribution in [2.24, 2.45) is 11.7 Å². The number of carbonyl (C=O) groups excluding carboxylic acids is 2. The molecule has 0 radical (unpaired) electrons. The van der Waals surface area contributed by atoms with Crippen molar-refractivity contribution in [3.63, 3.8) is 0 Å². The minimum absolute atomic E-state index is 0.242. The zero-order valence-corrected chi connectivity index (χ0v) is 19.3. The number of imidazole rings is 1. The maximum Gasteiger partial charge on any atom is 0.238 e. The summed E-state index contributed by atoms with van der Waals surface area (Å²) < 4.78 is 8.60. The lowest BCUT2D eigenvalue weighted by molar-refractivity contribution is -0.175. The SMILES string of the molecule is CC(C)n1c(CCCN2C(=O)[C@@H](C(N)=O)[C@H]3C[C@@]2(C)Oc2ccccc23)nc2ccccc21.